The van der Waals surface area contributed by atoms with Crippen LogP contribution in [0.4, 0.5) is 10.2 Å². The second kappa shape index (κ2) is 8.32. The molecule has 3 aromatic rings. The van der Waals surface area contributed by atoms with Gasteiger partial charge in [-0.2, -0.15) is 0 Å². The zero-order valence-corrected chi connectivity index (χ0v) is 16.8. The molecule has 1 fully saturated rings. The van der Waals surface area contributed by atoms with Gasteiger partial charge in [0, 0.05) is 41.8 Å². The molecule has 3 aromatic heterocycles. The summed E-state index contributed by atoms with van der Waals surface area (Å²) in [6.45, 7) is 1.82. The van der Waals surface area contributed by atoms with Crippen molar-refractivity contribution in [3.63, 3.8) is 0 Å². The Hall–Kier alpha value is -2.74. The van der Waals surface area contributed by atoms with E-state index in [0.29, 0.717) is 28.5 Å². The summed E-state index contributed by atoms with van der Waals surface area (Å²) in [7, 11) is 0. The van der Waals surface area contributed by atoms with E-state index in [2.05, 4.69) is 30.6 Å². The lowest BCUT2D eigenvalue weighted by Crippen LogP contribution is -2.48. The average molecular weight is 417 g/mol. The number of H-pyrrole nitrogens is 1. The zero-order chi connectivity index (χ0) is 20.4. The van der Waals surface area contributed by atoms with E-state index in [9.17, 15) is 9.18 Å². The summed E-state index contributed by atoms with van der Waals surface area (Å²) < 4.78 is 14.5. The first kappa shape index (κ1) is 19.6. The van der Waals surface area contributed by atoms with Crippen molar-refractivity contribution in [2.45, 2.75) is 51.1 Å². The summed E-state index contributed by atoms with van der Waals surface area (Å²) in [5.74, 6) is -0.0391. The molecule has 4 rings (SSSR count). The number of pyridine rings is 1. The summed E-state index contributed by atoms with van der Waals surface area (Å²) in [6.07, 6.45) is 8.61. The fourth-order valence-electron chi connectivity index (χ4n) is 3.72. The second-order valence-electron chi connectivity index (χ2n) is 7.21. The smallest absolute Gasteiger partial charge is 0.220 e. The van der Waals surface area contributed by atoms with Gasteiger partial charge < -0.3 is 15.6 Å². The maximum atomic E-state index is 14.5. The highest BCUT2D eigenvalue weighted by Crippen LogP contribution is 2.29. The number of carbonyl (C=O) groups excluding carboxylic acids is 1. The largest absolute Gasteiger partial charge is 0.363 e. The fourth-order valence-corrected chi connectivity index (χ4v) is 3.88. The number of nitrogens with zero attached hydrogens (tertiary/aromatic N) is 3. The molecule has 0 aliphatic heterocycles. The van der Waals surface area contributed by atoms with Gasteiger partial charge in [-0.3, -0.25) is 4.79 Å². The first-order valence-corrected chi connectivity index (χ1v) is 10.1. The Bertz CT molecular complexity index is 1040. The molecule has 29 heavy (non-hydrogen) atoms. The van der Waals surface area contributed by atoms with Gasteiger partial charge in [0.15, 0.2) is 17.5 Å². The van der Waals surface area contributed by atoms with Gasteiger partial charge in [0.25, 0.3) is 0 Å². The molecule has 152 valence electrons. The van der Waals surface area contributed by atoms with Gasteiger partial charge in [0.1, 0.15) is 5.65 Å². The van der Waals surface area contributed by atoms with Gasteiger partial charge in [-0.1, -0.05) is 31.4 Å². The van der Waals surface area contributed by atoms with Gasteiger partial charge in [-0.25, -0.2) is 19.3 Å². The number of aromatic nitrogens is 4. The molecular weight excluding hydrogens is 395 g/mol. The van der Waals surface area contributed by atoms with Gasteiger partial charge in [0.2, 0.25) is 5.91 Å². The molecule has 1 amide bonds. The SMILES string of the molecule is CCC(=O)N[C@H]1CCCC[C@H]1Nc1nc(-c2c[nH]c3ncc(Cl)cc23)ncc1F. The van der Waals surface area contributed by atoms with Crippen molar-refractivity contribution in [3.8, 4) is 11.4 Å². The minimum atomic E-state index is -0.532. The highest BCUT2D eigenvalue weighted by molar-refractivity contribution is 6.31. The third-order valence-corrected chi connectivity index (χ3v) is 5.44. The summed E-state index contributed by atoms with van der Waals surface area (Å²) >= 11 is 6.07. The van der Waals surface area contributed by atoms with Crippen LogP contribution in [0.3, 0.4) is 0 Å². The van der Waals surface area contributed by atoms with Crippen molar-refractivity contribution in [2.24, 2.45) is 0 Å². The van der Waals surface area contributed by atoms with Gasteiger partial charge in [0.05, 0.1) is 11.2 Å². The van der Waals surface area contributed by atoms with Crippen LogP contribution in [0.25, 0.3) is 22.4 Å². The number of anilines is 1. The van der Waals surface area contributed by atoms with Gasteiger partial charge in [-0.15, -0.1) is 0 Å². The number of nitrogens with one attached hydrogen (secondary N) is 3. The Morgan fingerprint density at radius 1 is 1.28 bits per heavy atom. The molecule has 7 nitrogen and oxygen atoms in total. The third kappa shape index (κ3) is 4.17. The van der Waals surface area contributed by atoms with Crippen molar-refractivity contribution >= 4 is 34.4 Å². The summed E-state index contributed by atoms with van der Waals surface area (Å²) in [6, 6.07) is 1.63. The van der Waals surface area contributed by atoms with Crippen molar-refractivity contribution in [2.75, 3.05) is 5.32 Å². The van der Waals surface area contributed by atoms with Crippen molar-refractivity contribution in [3.05, 3.63) is 35.5 Å². The number of fused-ring (bicyclic) bond motifs is 1. The molecular formula is C20H22ClFN6O. The predicted molar refractivity (Wildman–Crippen MR) is 110 cm³/mol. The molecule has 0 spiro atoms. The summed E-state index contributed by atoms with van der Waals surface area (Å²) in [5, 5.41) is 7.49. The van der Waals surface area contributed by atoms with E-state index in [-0.39, 0.29) is 23.8 Å². The van der Waals surface area contributed by atoms with Crippen molar-refractivity contribution in [1.82, 2.24) is 25.3 Å². The normalized spacial score (nSPS) is 19.3. The van der Waals surface area contributed by atoms with Crippen LogP contribution in [0.1, 0.15) is 39.0 Å². The van der Waals surface area contributed by atoms with Gasteiger partial charge in [-0.05, 0) is 18.9 Å². The molecule has 3 N–H and O–H groups in total. The number of amides is 1. The topological polar surface area (TPSA) is 95.6 Å². The van der Waals surface area contributed by atoms with Crippen LogP contribution in [0.15, 0.2) is 24.7 Å². The minimum Gasteiger partial charge on any atom is -0.363 e. The van der Waals surface area contributed by atoms with E-state index < -0.39 is 5.82 Å². The summed E-state index contributed by atoms with van der Waals surface area (Å²) in [4.78, 5) is 27.7. The van der Waals surface area contributed by atoms with E-state index >= 15 is 0 Å². The monoisotopic (exact) mass is 416 g/mol. The first-order chi connectivity index (χ1) is 14.0. The fraction of sp³-hybridized carbons (Fsp3) is 0.400. The van der Waals surface area contributed by atoms with E-state index in [1.54, 1.807) is 18.5 Å². The van der Waals surface area contributed by atoms with Crippen molar-refractivity contribution in [1.29, 1.82) is 0 Å². The van der Waals surface area contributed by atoms with E-state index in [0.717, 1.165) is 37.3 Å². The van der Waals surface area contributed by atoms with Crippen molar-refractivity contribution < 1.29 is 9.18 Å². The number of halogens is 2. The lowest BCUT2D eigenvalue weighted by Gasteiger charge is -2.33. The van der Waals surface area contributed by atoms with Crippen LogP contribution >= 0.6 is 11.6 Å². The van der Waals surface area contributed by atoms with E-state index in [4.69, 9.17) is 11.6 Å². The summed E-state index contributed by atoms with van der Waals surface area (Å²) in [5.41, 5.74) is 1.35. The van der Waals surface area contributed by atoms with Crippen LogP contribution < -0.4 is 10.6 Å². The quantitative estimate of drug-likeness (QED) is 0.582. The number of carbonyl (C=O) groups is 1. The molecule has 0 aromatic carbocycles. The van der Waals surface area contributed by atoms with Crippen LogP contribution in [-0.4, -0.2) is 37.9 Å². The first-order valence-electron chi connectivity index (χ1n) is 9.76. The number of aromatic amines is 1. The molecule has 0 bridgehead atoms. The van der Waals surface area contributed by atoms with Crippen LogP contribution in [0.2, 0.25) is 5.02 Å². The molecule has 9 heteroatoms. The molecule has 2 atom stereocenters. The van der Waals surface area contributed by atoms with Crippen LogP contribution in [0, 0.1) is 5.82 Å². The molecule has 0 saturated heterocycles. The third-order valence-electron chi connectivity index (χ3n) is 5.24. The predicted octanol–water partition coefficient (Wildman–Crippen LogP) is 4.06. The Kier molecular flexibility index (Phi) is 5.62. The second-order valence-corrected chi connectivity index (χ2v) is 7.64. The Morgan fingerprint density at radius 3 is 2.86 bits per heavy atom. The highest BCUT2D eigenvalue weighted by atomic mass is 35.5. The molecule has 1 aliphatic carbocycles. The van der Waals surface area contributed by atoms with Crippen LogP contribution in [0.5, 0.6) is 0 Å². The number of rotatable bonds is 5. The lowest BCUT2D eigenvalue weighted by molar-refractivity contribution is -0.121. The highest BCUT2D eigenvalue weighted by Gasteiger charge is 2.27. The number of hydrogen-bond donors (Lipinski definition) is 3. The van der Waals surface area contributed by atoms with Crippen LogP contribution in [-0.2, 0) is 4.79 Å². The lowest BCUT2D eigenvalue weighted by atomic mass is 9.90. The minimum absolute atomic E-state index is 0.00396. The molecule has 1 saturated carbocycles. The molecule has 0 radical (unpaired) electrons. The standard InChI is InChI=1S/C20H22ClFN6O/c1-2-17(29)26-15-5-3-4-6-16(15)27-20-14(22)10-25-19(28-20)13-9-24-18-12(13)7-11(21)8-23-18/h7-10,15-16H,2-6H2,1H3,(H,23,24)(H,26,29)(H,25,27,28)/t15-,16+/m0/s1. The van der Waals surface area contributed by atoms with E-state index in [1.165, 1.54) is 0 Å². The number of hydrogen-bond acceptors (Lipinski definition) is 5. The van der Waals surface area contributed by atoms with E-state index in [1.807, 2.05) is 6.92 Å². The molecule has 0 unspecified atom stereocenters. The average Bonchev–Trinajstić information content (AvgIpc) is 3.14. The van der Waals surface area contributed by atoms with Gasteiger partial charge >= 0.3 is 0 Å². The molecule has 3 heterocycles. The molecule has 1 aliphatic rings. The zero-order valence-electron chi connectivity index (χ0n) is 16.0. The Morgan fingerprint density at radius 2 is 2.07 bits per heavy atom. The maximum Gasteiger partial charge on any atom is 0.220 e. The maximum absolute atomic E-state index is 14.5. The Labute approximate surface area is 172 Å². The Balaban J connectivity index is 1.62.